The van der Waals surface area contributed by atoms with Crippen molar-refractivity contribution >= 4 is 5.97 Å². The predicted molar refractivity (Wildman–Crippen MR) is 66.3 cm³/mol. The van der Waals surface area contributed by atoms with Crippen LogP contribution in [0.25, 0.3) is 5.69 Å². The van der Waals surface area contributed by atoms with Crippen LogP contribution in [0.2, 0.25) is 0 Å². The van der Waals surface area contributed by atoms with Crippen LogP contribution in [0.15, 0.2) is 48.8 Å². The van der Waals surface area contributed by atoms with E-state index in [0.29, 0.717) is 5.56 Å². The lowest BCUT2D eigenvalue weighted by Crippen LogP contribution is -2.13. The molecule has 2 rings (SSSR count). The lowest BCUT2D eigenvalue weighted by molar-refractivity contribution is 0.0435. The Kier molecular flexibility index (Phi) is 3.44. The van der Waals surface area contributed by atoms with Crippen LogP contribution in [-0.4, -0.2) is 16.6 Å². The van der Waals surface area contributed by atoms with Gasteiger partial charge in [-0.05, 0) is 43.3 Å². The highest BCUT2D eigenvalue weighted by Crippen LogP contribution is 2.11. The Morgan fingerprint density at radius 3 is 2.44 bits per heavy atom. The lowest BCUT2D eigenvalue weighted by Gasteiger charge is -2.07. The summed E-state index contributed by atoms with van der Waals surface area (Å²) < 4.78 is 6.85. The van der Waals surface area contributed by atoms with Gasteiger partial charge in [-0.15, -0.1) is 0 Å². The zero-order valence-corrected chi connectivity index (χ0v) is 9.91. The number of hydrogen-bond donors (Lipinski definition) is 0. The van der Waals surface area contributed by atoms with Gasteiger partial charge in [0.1, 0.15) is 6.07 Å². The Bertz CT molecular complexity index is 565. The monoisotopic (exact) mass is 240 g/mol. The maximum atomic E-state index is 11.6. The first kappa shape index (κ1) is 11.9. The SMILES string of the molecule is CC(C#N)OC(=O)c1ccc(-n2cccc2)cc1. The van der Waals surface area contributed by atoms with E-state index in [1.807, 2.05) is 47.3 Å². The molecule has 0 bridgehead atoms. The van der Waals surface area contributed by atoms with Crippen molar-refractivity contribution < 1.29 is 9.53 Å². The molecule has 1 aromatic carbocycles. The van der Waals surface area contributed by atoms with Crippen LogP contribution in [0, 0.1) is 11.3 Å². The van der Waals surface area contributed by atoms with E-state index in [9.17, 15) is 4.79 Å². The highest BCUT2D eigenvalue weighted by molar-refractivity contribution is 5.89. The second-order valence-electron chi connectivity index (χ2n) is 3.81. The number of carbonyl (C=O) groups excluding carboxylic acids is 1. The van der Waals surface area contributed by atoms with Crippen molar-refractivity contribution in [1.82, 2.24) is 4.57 Å². The standard InChI is InChI=1S/C14H12N2O2/c1-11(10-15)18-14(17)12-4-6-13(7-5-12)16-8-2-3-9-16/h2-9,11H,1H3. The van der Waals surface area contributed by atoms with Crippen LogP contribution in [0.3, 0.4) is 0 Å². The van der Waals surface area contributed by atoms with Gasteiger partial charge in [-0.25, -0.2) is 4.79 Å². The Hall–Kier alpha value is -2.54. The molecule has 4 nitrogen and oxygen atoms in total. The highest BCUT2D eigenvalue weighted by atomic mass is 16.5. The van der Waals surface area contributed by atoms with Crippen LogP contribution in [-0.2, 0) is 4.74 Å². The molecule has 2 aromatic rings. The first-order valence-corrected chi connectivity index (χ1v) is 5.54. The number of aromatic nitrogens is 1. The fourth-order valence-electron chi connectivity index (χ4n) is 1.53. The Balaban J connectivity index is 2.13. The zero-order valence-electron chi connectivity index (χ0n) is 9.91. The number of ether oxygens (including phenoxy) is 1. The summed E-state index contributed by atoms with van der Waals surface area (Å²) in [4.78, 5) is 11.6. The van der Waals surface area contributed by atoms with Crippen molar-refractivity contribution in [2.75, 3.05) is 0 Å². The molecule has 1 atom stereocenters. The Labute approximate surface area is 105 Å². The fourth-order valence-corrected chi connectivity index (χ4v) is 1.53. The summed E-state index contributed by atoms with van der Waals surface area (Å²) in [6.45, 7) is 1.53. The van der Waals surface area contributed by atoms with Crippen molar-refractivity contribution in [3.63, 3.8) is 0 Å². The van der Waals surface area contributed by atoms with Crippen LogP contribution in [0.1, 0.15) is 17.3 Å². The van der Waals surface area contributed by atoms with E-state index in [1.165, 1.54) is 6.92 Å². The van der Waals surface area contributed by atoms with Gasteiger partial charge in [0.2, 0.25) is 0 Å². The van der Waals surface area contributed by atoms with Crippen LogP contribution < -0.4 is 0 Å². The normalized spacial score (nSPS) is 11.6. The highest BCUT2D eigenvalue weighted by Gasteiger charge is 2.10. The quantitative estimate of drug-likeness (QED) is 0.775. The maximum absolute atomic E-state index is 11.6. The maximum Gasteiger partial charge on any atom is 0.339 e. The summed E-state index contributed by atoms with van der Waals surface area (Å²) in [5.74, 6) is -0.483. The number of nitrogens with zero attached hydrogens (tertiary/aromatic N) is 2. The average Bonchev–Trinajstić information content (AvgIpc) is 2.92. The van der Waals surface area contributed by atoms with E-state index in [2.05, 4.69) is 0 Å². The molecular weight excluding hydrogens is 228 g/mol. The van der Waals surface area contributed by atoms with Crippen LogP contribution in [0.4, 0.5) is 0 Å². The van der Waals surface area contributed by atoms with Crippen LogP contribution >= 0.6 is 0 Å². The van der Waals surface area contributed by atoms with Crippen LogP contribution in [0.5, 0.6) is 0 Å². The molecule has 0 aliphatic carbocycles. The third-order valence-electron chi connectivity index (χ3n) is 2.47. The van der Waals surface area contributed by atoms with E-state index in [0.717, 1.165) is 5.69 Å². The second-order valence-corrected chi connectivity index (χ2v) is 3.81. The van der Waals surface area contributed by atoms with Gasteiger partial charge in [-0.1, -0.05) is 0 Å². The minimum Gasteiger partial charge on any atom is -0.444 e. The molecule has 0 amide bonds. The number of rotatable bonds is 3. The molecule has 0 N–H and O–H groups in total. The summed E-state index contributed by atoms with van der Waals surface area (Å²) in [5, 5.41) is 8.57. The van der Waals surface area contributed by atoms with E-state index < -0.39 is 12.1 Å². The summed E-state index contributed by atoms with van der Waals surface area (Å²) in [7, 11) is 0. The van der Waals surface area contributed by atoms with E-state index in [-0.39, 0.29) is 0 Å². The van der Waals surface area contributed by atoms with Crippen molar-refractivity contribution in [3.8, 4) is 11.8 Å². The molecule has 1 aromatic heterocycles. The number of nitriles is 1. The molecule has 0 saturated heterocycles. The van der Waals surface area contributed by atoms with E-state index >= 15 is 0 Å². The molecule has 0 aliphatic heterocycles. The van der Waals surface area contributed by atoms with Gasteiger partial charge in [0, 0.05) is 18.1 Å². The minimum atomic E-state index is -0.735. The van der Waals surface area contributed by atoms with Gasteiger partial charge in [-0.3, -0.25) is 0 Å². The molecule has 0 spiro atoms. The molecule has 1 heterocycles. The predicted octanol–water partition coefficient (Wildman–Crippen LogP) is 2.55. The zero-order chi connectivity index (χ0) is 13.0. The van der Waals surface area contributed by atoms with Gasteiger partial charge in [0.25, 0.3) is 0 Å². The van der Waals surface area contributed by atoms with Crippen molar-refractivity contribution in [2.45, 2.75) is 13.0 Å². The molecule has 0 radical (unpaired) electrons. The second kappa shape index (κ2) is 5.19. The number of esters is 1. The number of hydrogen-bond acceptors (Lipinski definition) is 3. The van der Waals surface area contributed by atoms with Crippen molar-refractivity contribution in [3.05, 3.63) is 54.4 Å². The van der Waals surface area contributed by atoms with Gasteiger partial charge < -0.3 is 9.30 Å². The molecule has 0 saturated carbocycles. The minimum absolute atomic E-state index is 0.438. The van der Waals surface area contributed by atoms with Gasteiger partial charge in [0.15, 0.2) is 6.10 Å². The van der Waals surface area contributed by atoms with Gasteiger partial charge in [-0.2, -0.15) is 5.26 Å². The Morgan fingerprint density at radius 2 is 1.89 bits per heavy atom. The van der Waals surface area contributed by atoms with Crippen molar-refractivity contribution in [1.29, 1.82) is 5.26 Å². The first-order chi connectivity index (χ1) is 8.70. The average molecular weight is 240 g/mol. The van der Waals surface area contributed by atoms with Gasteiger partial charge >= 0.3 is 5.97 Å². The van der Waals surface area contributed by atoms with Crippen molar-refractivity contribution in [2.24, 2.45) is 0 Å². The molecule has 0 fully saturated rings. The van der Waals surface area contributed by atoms with E-state index in [1.54, 1.807) is 12.1 Å². The molecule has 1 unspecified atom stereocenters. The molecule has 0 aliphatic rings. The number of benzene rings is 1. The molecular formula is C14H12N2O2. The summed E-state index contributed by atoms with van der Waals surface area (Å²) in [6.07, 6.45) is 3.11. The van der Waals surface area contributed by atoms with Gasteiger partial charge in [0.05, 0.1) is 5.56 Å². The largest absolute Gasteiger partial charge is 0.444 e. The summed E-state index contributed by atoms with van der Waals surface area (Å²) in [5.41, 5.74) is 1.40. The topological polar surface area (TPSA) is 55.0 Å². The summed E-state index contributed by atoms with van der Waals surface area (Å²) >= 11 is 0. The van der Waals surface area contributed by atoms with E-state index in [4.69, 9.17) is 10.00 Å². The summed E-state index contributed by atoms with van der Waals surface area (Å²) in [6, 6.07) is 12.7. The number of carbonyl (C=O) groups is 1. The molecule has 4 heteroatoms. The first-order valence-electron chi connectivity index (χ1n) is 5.54. The fraction of sp³-hybridized carbons (Fsp3) is 0.143. The third kappa shape index (κ3) is 2.58. The molecule has 90 valence electrons. The third-order valence-corrected chi connectivity index (χ3v) is 2.47. The lowest BCUT2D eigenvalue weighted by atomic mass is 10.2. The smallest absolute Gasteiger partial charge is 0.339 e. The Morgan fingerprint density at radius 1 is 1.28 bits per heavy atom. The molecule has 18 heavy (non-hydrogen) atoms.